The Labute approximate surface area is 199 Å². The van der Waals surface area contributed by atoms with Crippen molar-refractivity contribution < 1.29 is 19.7 Å². The Hall–Kier alpha value is -1.65. The van der Waals surface area contributed by atoms with Gasteiger partial charge in [-0.1, -0.05) is 58.6 Å². The van der Waals surface area contributed by atoms with Crippen LogP contribution in [0.25, 0.3) is 0 Å². The number of carbonyl (C=O) groups excluding carboxylic acids is 1. The zero-order valence-electron chi connectivity index (χ0n) is 20.9. The van der Waals surface area contributed by atoms with E-state index in [0.717, 1.165) is 24.0 Å². The van der Waals surface area contributed by atoms with Crippen molar-refractivity contribution in [2.24, 2.45) is 28.6 Å². The van der Waals surface area contributed by atoms with Crippen LogP contribution in [0, 0.1) is 28.6 Å². The van der Waals surface area contributed by atoms with Crippen LogP contribution in [0.3, 0.4) is 0 Å². The second-order valence-corrected chi connectivity index (χ2v) is 11.8. The topological polar surface area (TPSA) is 66.8 Å². The van der Waals surface area contributed by atoms with Crippen LogP contribution >= 0.6 is 0 Å². The lowest BCUT2D eigenvalue weighted by Gasteiger charge is -2.51. The smallest absolute Gasteiger partial charge is 0.333 e. The number of aliphatic hydroxyl groups excluding tert-OH is 2. The first-order valence-electron chi connectivity index (χ1n) is 12.8. The Morgan fingerprint density at radius 3 is 2.58 bits per heavy atom. The lowest BCUT2D eigenvalue weighted by molar-refractivity contribution is -0.139. The van der Waals surface area contributed by atoms with Gasteiger partial charge in [0.1, 0.15) is 6.10 Å². The van der Waals surface area contributed by atoms with Crippen LogP contribution in [0.5, 0.6) is 0 Å². The Bertz CT molecular complexity index is 881. The van der Waals surface area contributed by atoms with Crippen LogP contribution in [-0.2, 0) is 9.53 Å². The maximum atomic E-state index is 11.8. The van der Waals surface area contributed by atoms with Crippen molar-refractivity contribution in [1.29, 1.82) is 0 Å². The first kappa shape index (κ1) is 24.5. The zero-order chi connectivity index (χ0) is 24.1. The van der Waals surface area contributed by atoms with Crippen molar-refractivity contribution in [3.8, 4) is 0 Å². The third-order valence-corrected chi connectivity index (χ3v) is 10.0. The Morgan fingerprint density at radius 2 is 1.91 bits per heavy atom. The summed E-state index contributed by atoms with van der Waals surface area (Å²) in [4.78, 5) is 11.8. The number of hydrogen-bond acceptors (Lipinski definition) is 4. The van der Waals surface area contributed by atoms with Gasteiger partial charge in [0.25, 0.3) is 0 Å². The molecule has 8 atom stereocenters. The van der Waals surface area contributed by atoms with Gasteiger partial charge in [-0.25, -0.2) is 4.79 Å². The number of esters is 1. The standard InChI is InChI=1S/C29H42O4/c1-17(14-23-15-18(2)27(32)33-23)24-11-13-28(5)22(8-7-12-29(24,28)6)10-9-21-16-25(30)20(4)26(31)19(21)3/h9-10,17,20,23-26,30-31H,2-3,7-8,11-16H2,1,4-6H3/b21-9-,22-10+/t17-,20+,23+,24-,25-,26+,28+,29-/m1/s1. The summed E-state index contributed by atoms with van der Waals surface area (Å²) in [6, 6.07) is 0. The average Bonchev–Trinajstić information content (AvgIpc) is 3.23. The molecule has 182 valence electrons. The summed E-state index contributed by atoms with van der Waals surface area (Å²) in [7, 11) is 0. The SMILES string of the molecule is C=C1C[C@H](C[C@@H](C)[C@H]2CC[C@@]3(C)/C(=C/C=C4/C[C@@H](O)[C@H](C)[C@@H](O)C4=C)CCC[C@]23C)OC1=O. The average molecular weight is 455 g/mol. The van der Waals surface area contributed by atoms with Crippen molar-refractivity contribution >= 4 is 5.97 Å². The number of carbonyl (C=O) groups is 1. The Balaban J connectivity index is 1.54. The van der Waals surface area contributed by atoms with E-state index in [0.29, 0.717) is 30.3 Å². The summed E-state index contributed by atoms with van der Waals surface area (Å²) in [5.41, 5.74) is 4.18. The van der Waals surface area contributed by atoms with Gasteiger partial charge >= 0.3 is 5.97 Å². The van der Waals surface area contributed by atoms with E-state index in [-0.39, 0.29) is 28.8 Å². The summed E-state index contributed by atoms with van der Waals surface area (Å²) in [5, 5.41) is 20.8. The second kappa shape index (κ2) is 8.85. The molecule has 0 aromatic heterocycles. The van der Waals surface area contributed by atoms with Crippen molar-refractivity contribution in [3.63, 3.8) is 0 Å². The first-order valence-corrected chi connectivity index (χ1v) is 12.8. The molecule has 1 aliphatic heterocycles. The van der Waals surface area contributed by atoms with E-state index in [9.17, 15) is 15.0 Å². The fourth-order valence-electron chi connectivity index (χ4n) is 7.53. The van der Waals surface area contributed by atoms with Gasteiger partial charge in [-0.05, 0) is 78.8 Å². The summed E-state index contributed by atoms with van der Waals surface area (Å²) in [5.74, 6) is 0.689. The minimum Gasteiger partial charge on any atom is -0.459 e. The van der Waals surface area contributed by atoms with Crippen molar-refractivity contribution in [3.05, 3.63) is 47.6 Å². The molecule has 2 N–H and O–H groups in total. The highest BCUT2D eigenvalue weighted by Gasteiger charge is 2.58. The van der Waals surface area contributed by atoms with E-state index in [1.165, 1.54) is 31.3 Å². The highest BCUT2D eigenvalue weighted by molar-refractivity contribution is 5.89. The number of fused-ring (bicyclic) bond motifs is 1. The van der Waals surface area contributed by atoms with Crippen molar-refractivity contribution in [2.75, 3.05) is 0 Å². The number of rotatable bonds is 4. The van der Waals surface area contributed by atoms with Crippen LogP contribution in [0.15, 0.2) is 47.6 Å². The Kier molecular flexibility index (Phi) is 6.56. The molecule has 4 fully saturated rings. The molecule has 33 heavy (non-hydrogen) atoms. The molecule has 0 radical (unpaired) electrons. The van der Waals surface area contributed by atoms with E-state index < -0.39 is 12.2 Å². The minimum absolute atomic E-state index is 0.0173. The van der Waals surface area contributed by atoms with Crippen molar-refractivity contribution in [2.45, 2.75) is 97.4 Å². The highest BCUT2D eigenvalue weighted by Crippen LogP contribution is 2.67. The number of ether oxygens (including phenoxy) is 1. The fraction of sp³-hybridized carbons (Fsp3) is 0.690. The second-order valence-electron chi connectivity index (χ2n) is 11.8. The maximum Gasteiger partial charge on any atom is 0.333 e. The number of aliphatic hydroxyl groups is 2. The lowest BCUT2D eigenvalue weighted by atomic mass is 9.53. The van der Waals surface area contributed by atoms with Crippen LogP contribution in [0.2, 0.25) is 0 Å². The predicted molar refractivity (Wildman–Crippen MR) is 131 cm³/mol. The molecule has 0 spiro atoms. The zero-order valence-corrected chi connectivity index (χ0v) is 20.9. The molecule has 0 aromatic rings. The lowest BCUT2D eigenvalue weighted by Crippen LogP contribution is -2.43. The van der Waals surface area contributed by atoms with Gasteiger partial charge in [0, 0.05) is 17.9 Å². The Morgan fingerprint density at radius 1 is 1.18 bits per heavy atom. The summed E-state index contributed by atoms with van der Waals surface area (Å²) in [6.45, 7) is 17.1. The largest absolute Gasteiger partial charge is 0.459 e. The maximum absolute atomic E-state index is 11.8. The number of cyclic esters (lactones) is 1. The normalized spacial score (nSPS) is 44.9. The van der Waals surface area contributed by atoms with E-state index in [1.54, 1.807) is 0 Å². The fourth-order valence-corrected chi connectivity index (χ4v) is 7.53. The van der Waals surface area contributed by atoms with Gasteiger partial charge in [-0.15, -0.1) is 0 Å². The molecule has 0 amide bonds. The van der Waals surface area contributed by atoms with E-state index in [4.69, 9.17) is 4.74 Å². The summed E-state index contributed by atoms with van der Waals surface area (Å²) >= 11 is 0. The molecule has 0 bridgehead atoms. The molecule has 3 saturated carbocycles. The van der Waals surface area contributed by atoms with Crippen LogP contribution in [-0.4, -0.2) is 34.5 Å². The predicted octanol–water partition coefficient (Wildman–Crippen LogP) is 5.66. The molecular formula is C29H42O4. The van der Waals surface area contributed by atoms with Crippen LogP contribution < -0.4 is 0 Å². The monoisotopic (exact) mass is 454 g/mol. The molecule has 4 heteroatoms. The molecule has 0 unspecified atom stereocenters. The van der Waals surface area contributed by atoms with Crippen LogP contribution in [0.4, 0.5) is 0 Å². The molecule has 4 aliphatic rings. The first-order chi connectivity index (χ1) is 15.5. The van der Waals surface area contributed by atoms with E-state index >= 15 is 0 Å². The summed E-state index contributed by atoms with van der Waals surface area (Å²) < 4.78 is 5.55. The quantitative estimate of drug-likeness (QED) is 0.425. The molecule has 0 aromatic carbocycles. The van der Waals surface area contributed by atoms with Gasteiger partial charge in [0.15, 0.2) is 0 Å². The van der Waals surface area contributed by atoms with Crippen LogP contribution in [0.1, 0.15) is 79.1 Å². The molecule has 4 rings (SSSR count). The molecule has 1 heterocycles. The van der Waals surface area contributed by atoms with Crippen molar-refractivity contribution in [1.82, 2.24) is 0 Å². The molecule has 4 nitrogen and oxygen atoms in total. The van der Waals surface area contributed by atoms with Gasteiger partial charge in [0.05, 0.1) is 12.2 Å². The minimum atomic E-state index is -0.678. The summed E-state index contributed by atoms with van der Waals surface area (Å²) in [6.07, 6.45) is 11.2. The van der Waals surface area contributed by atoms with E-state index in [1.807, 2.05) is 6.92 Å². The van der Waals surface area contributed by atoms with E-state index in [2.05, 4.69) is 46.1 Å². The van der Waals surface area contributed by atoms with Gasteiger partial charge in [-0.3, -0.25) is 0 Å². The molecular weight excluding hydrogens is 412 g/mol. The molecule has 1 saturated heterocycles. The number of allylic oxidation sites excluding steroid dienone is 3. The number of hydrogen-bond donors (Lipinski definition) is 2. The third kappa shape index (κ3) is 4.08. The highest BCUT2D eigenvalue weighted by atomic mass is 16.5. The third-order valence-electron chi connectivity index (χ3n) is 10.0. The molecule has 3 aliphatic carbocycles. The van der Waals surface area contributed by atoms with Gasteiger partial charge < -0.3 is 14.9 Å². The van der Waals surface area contributed by atoms with Gasteiger partial charge in [-0.2, -0.15) is 0 Å². The van der Waals surface area contributed by atoms with Gasteiger partial charge in [0.2, 0.25) is 0 Å².